The zero-order valence-corrected chi connectivity index (χ0v) is 22.4. The number of ether oxygens (including phenoxy) is 3. The molecule has 0 saturated carbocycles. The summed E-state index contributed by atoms with van der Waals surface area (Å²) >= 11 is 0. The Kier molecular flexibility index (Phi) is 7.62. The third kappa shape index (κ3) is 5.07. The standard InChI is InChI=1S/C30H29NO10/c1-38-21-12-17(13-22(39-2)26(21)34)18(14-23(33)31-8-10-40-11-9-31)24-27(35)29(37)28(36)25-19(32)15-20(41-30(24)25)16-6-4-3-5-7-16/h3-7,12-13,15,18,34-37H,8-11,14H2,1-2H3/t18-/m1/s1. The molecule has 4 aromatic rings. The average molecular weight is 564 g/mol. The third-order valence-corrected chi connectivity index (χ3v) is 7.19. The summed E-state index contributed by atoms with van der Waals surface area (Å²) < 4.78 is 22.2. The van der Waals surface area contributed by atoms with E-state index in [0.717, 1.165) is 0 Å². The quantitative estimate of drug-likeness (QED) is 0.244. The first-order valence-electron chi connectivity index (χ1n) is 12.9. The number of phenols is 4. The lowest BCUT2D eigenvalue weighted by Gasteiger charge is -2.29. The van der Waals surface area contributed by atoms with Crippen LogP contribution < -0.4 is 14.9 Å². The van der Waals surface area contributed by atoms with E-state index < -0.39 is 28.6 Å². The molecule has 1 aliphatic heterocycles. The van der Waals surface area contributed by atoms with Gasteiger partial charge >= 0.3 is 0 Å². The van der Waals surface area contributed by atoms with Crippen LogP contribution in [0.2, 0.25) is 0 Å². The number of aromatic hydroxyl groups is 4. The minimum Gasteiger partial charge on any atom is -0.504 e. The summed E-state index contributed by atoms with van der Waals surface area (Å²) in [6.45, 7) is 1.44. The first-order chi connectivity index (χ1) is 19.7. The van der Waals surface area contributed by atoms with Crippen LogP contribution in [0.5, 0.6) is 34.5 Å². The molecule has 41 heavy (non-hydrogen) atoms. The molecule has 2 heterocycles. The van der Waals surface area contributed by atoms with Crippen LogP contribution in [0.25, 0.3) is 22.3 Å². The maximum Gasteiger partial charge on any atom is 0.223 e. The van der Waals surface area contributed by atoms with E-state index in [1.54, 1.807) is 35.2 Å². The summed E-state index contributed by atoms with van der Waals surface area (Å²) in [6, 6.07) is 12.8. The van der Waals surface area contributed by atoms with Crippen molar-refractivity contribution in [1.82, 2.24) is 4.90 Å². The van der Waals surface area contributed by atoms with Gasteiger partial charge in [-0.25, -0.2) is 0 Å². The van der Waals surface area contributed by atoms with E-state index in [9.17, 15) is 30.0 Å². The van der Waals surface area contributed by atoms with E-state index >= 15 is 0 Å². The van der Waals surface area contributed by atoms with Gasteiger partial charge in [0.15, 0.2) is 28.4 Å². The van der Waals surface area contributed by atoms with E-state index in [4.69, 9.17) is 18.6 Å². The molecule has 11 nitrogen and oxygen atoms in total. The van der Waals surface area contributed by atoms with Crippen LogP contribution in [-0.4, -0.2) is 71.8 Å². The van der Waals surface area contributed by atoms with Crippen molar-refractivity contribution in [2.75, 3.05) is 40.5 Å². The normalized spacial score (nSPS) is 14.1. The van der Waals surface area contributed by atoms with Crippen LogP contribution >= 0.6 is 0 Å². The number of methoxy groups -OCH3 is 2. The molecule has 0 radical (unpaired) electrons. The summed E-state index contributed by atoms with van der Waals surface area (Å²) in [5, 5.41) is 42.9. The molecule has 0 bridgehead atoms. The second-order valence-corrected chi connectivity index (χ2v) is 9.53. The number of fused-ring (bicyclic) bond motifs is 1. The van der Waals surface area contributed by atoms with E-state index in [1.165, 1.54) is 32.4 Å². The Morgan fingerprint density at radius 1 is 0.902 bits per heavy atom. The Hall–Kier alpha value is -4.90. The van der Waals surface area contributed by atoms with Crippen LogP contribution in [-0.2, 0) is 9.53 Å². The van der Waals surface area contributed by atoms with Gasteiger partial charge in [-0.2, -0.15) is 0 Å². The number of nitrogens with zero attached hydrogens (tertiary/aromatic N) is 1. The Bertz CT molecular complexity index is 1630. The lowest BCUT2D eigenvalue weighted by molar-refractivity contribution is -0.135. The lowest BCUT2D eigenvalue weighted by Crippen LogP contribution is -2.41. The SMILES string of the molecule is COc1cc([C@@H](CC(=O)N2CCOCC2)c2c(O)c(O)c(O)c3c(=O)cc(-c4ccccc4)oc23)cc(OC)c1O. The fourth-order valence-corrected chi connectivity index (χ4v) is 5.06. The van der Waals surface area contributed by atoms with Crippen LogP contribution in [0.15, 0.2) is 57.7 Å². The molecule has 1 atom stereocenters. The number of morpholine rings is 1. The minimum absolute atomic E-state index is 0.0291. The molecule has 1 saturated heterocycles. The van der Waals surface area contributed by atoms with Crippen molar-refractivity contribution in [3.63, 3.8) is 0 Å². The molecule has 1 aromatic heterocycles. The highest BCUT2D eigenvalue weighted by atomic mass is 16.5. The van der Waals surface area contributed by atoms with Crippen molar-refractivity contribution < 1.29 is 43.8 Å². The fraction of sp³-hybridized carbons (Fsp3) is 0.267. The van der Waals surface area contributed by atoms with Gasteiger partial charge in [0.2, 0.25) is 17.4 Å². The largest absolute Gasteiger partial charge is 0.504 e. The number of phenolic OH excluding ortho intramolecular Hbond substituents is 4. The Morgan fingerprint density at radius 3 is 2.15 bits per heavy atom. The summed E-state index contributed by atoms with van der Waals surface area (Å²) in [5.74, 6) is -3.99. The Labute approximate surface area is 234 Å². The zero-order chi connectivity index (χ0) is 29.3. The van der Waals surface area contributed by atoms with Crippen molar-refractivity contribution in [1.29, 1.82) is 0 Å². The second kappa shape index (κ2) is 11.3. The first-order valence-corrected chi connectivity index (χ1v) is 12.9. The van der Waals surface area contributed by atoms with Gasteiger partial charge in [-0.15, -0.1) is 0 Å². The number of hydrogen-bond acceptors (Lipinski definition) is 10. The lowest BCUT2D eigenvalue weighted by atomic mass is 9.85. The van der Waals surface area contributed by atoms with Crippen molar-refractivity contribution in [3.8, 4) is 45.8 Å². The molecule has 3 aromatic carbocycles. The van der Waals surface area contributed by atoms with Gasteiger partial charge in [0.05, 0.1) is 27.4 Å². The van der Waals surface area contributed by atoms with Gasteiger partial charge in [-0.05, 0) is 17.7 Å². The molecule has 4 N–H and O–H groups in total. The summed E-state index contributed by atoms with van der Waals surface area (Å²) in [7, 11) is 2.69. The number of carbonyl (C=O) groups excluding carboxylic acids is 1. The van der Waals surface area contributed by atoms with Gasteiger partial charge in [-0.1, -0.05) is 30.3 Å². The molecule has 214 valence electrons. The summed E-state index contributed by atoms with van der Waals surface area (Å²) in [6.07, 6.45) is -0.247. The van der Waals surface area contributed by atoms with Gasteiger partial charge in [0.1, 0.15) is 16.7 Å². The van der Waals surface area contributed by atoms with Crippen molar-refractivity contribution in [3.05, 3.63) is 69.9 Å². The maximum absolute atomic E-state index is 13.6. The highest BCUT2D eigenvalue weighted by Crippen LogP contribution is 2.51. The highest BCUT2D eigenvalue weighted by Gasteiger charge is 2.33. The summed E-state index contributed by atoms with van der Waals surface area (Å²) in [5.41, 5.74) is -0.0965. The Morgan fingerprint density at radius 2 is 1.54 bits per heavy atom. The molecule has 5 rings (SSSR count). The maximum atomic E-state index is 13.6. The van der Waals surface area contributed by atoms with Crippen LogP contribution in [0.3, 0.4) is 0 Å². The third-order valence-electron chi connectivity index (χ3n) is 7.19. The molecule has 11 heteroatoms. The van der Waals surface area contributed by atoms with Gasteiger partial charge in [0, 0.05) is 42.6 Å². The summed E-state index contributed by atoms with van der Waals surface area (Å²) in [4.78, 5) is 28.5. The predicted molar refractivity (Wildman–Crippen MR) is 148 cm³/mol. The van der Waals surface area contributed by atoms with Crippen molar-refractivity contribution >= 4 is 16.9 Å². The number of hydrogen-bond donors (Lipinski definition) is 4. The van der Waals surface area contributed by atoms with Crippen LogP contribution in [0.1, 0.15) is 23.5 Å². The molecule has 1 aliphatic rings. The number of benzene rings is 3. The van der Waals surface area contributed by atoms with Gasteiger partial charge < -0.3 is 44.0 Å². The smallest absolute Gasteiger partial charge is 0.223 e. The van der Waals surface area contributed by atoms with Crippen LogP contribution in [0.4, 0.5) is 0 Å². The Balaban J connectivity index is 1.81. The molecule has 1 fully saturated rings. The molecule has 1 amide bonds. The van der Waals surface area contributed by atoms with Crippen molar-refractivity contribution in [2.45, 2.75) is 12.3 Å². The fourth-order valence-electron chi connectivity index (χ4n) is 5.06. The van der Waals surface area contributed by atoms with E-state index in [2.05, 4.69) is 0 Å². The van der Waals surface area contributed by atoms with E-state index in [-0.39, 0.29) is 51.9 Å². The molecule has 0 aliphatic carbocycles. The van der Waals surface area contributed by atoms with E-state index in [1.807, 2.05) is 0 Å². The molecule has 0 unspecified atom stereocenters. The predicted octanol–water partition coefficient (Wildman–Crippen LogP) is 3.68. The van der Waals surface area contributed by atoms with Gasteiger partial charge in [-0.3, -0.25) is 9.59 Å². The zero-order valence-electron chi connectivity index (χ0n) is 22.4. The number of amides is 1. The number of carbonyl (C=O) groups is 1. The topological polar surface area (TPSA) is 159 Å². The first kappa shape index (κ1) is 27.7. The molecular formula is C30H29NO10. The monoisotopic (exact) mass is 563 g/mol. The highest BCUT2D eigenvalue weighted by molar-refractivity contribution is 5.94. The van der Waals surface area contributed by atoms with Gasteiger partial charge in [0.25, 0.3) is 0 Å². The van der Waals surface area contributed by atoms with Crippen LogP contribution in [0, 0.1) is 0 Å². The van der Waals surface area contributed by atoms with Crippen molar-refractivity contribution in [2.24, 2.45) is 0 Å². The molecular weight excluding hydrogens is 534 g/mol. The second-order valence-electron chi connectivity index (χ2n) is 9.53. The average Bonchev–Trinajstić information content (AvgIpc) is 3.00. The van der Waals surface area contributed by atoms with E-state index in [0.29, 0.717) is 37.4 Å². The minimum atomic E-state index is -1.06. The number of rotatable bonds is 7. The molecule has 0 spiro atoms.